The molecule has 1 aliphatic carbocycles. The Balaban J connectivity index is 1.19. The highest BCUT2D eigenvalue weighted by Gasteiger charge is 2.47. The number of carbonyl (C=O) groups is 2. The number of ether oxygens (including phenoxy) is 1. The van der Waals surface area contributed by atoms with Crippen molar-refractivity contribution < 1.29 is 28.2 Å². The minimum absolute atomic E-state index is 0.0204. The topological polar surface area (TPSA) is 132 Å². The first-order valence-corrected chi connectivity index (χ1v) is 14.2. The number of benzene rings is 2. The fourth-order valence-electron chi connectivity index (χ4n) is 6.13. The first kappa shape index (κ1) is 29.6. The van der Waals surface area contributed by atoms with Crippen molar-refractivity contribution in [3.63, 3.8) is 0 Å². The van der Waals surface area contributed by atoms with Gasteiger partial charge in [0.1, 0.15) is 12.2 Å². The van der Waals surface area contributed by atoms with Crippen LogP contribution in [-0.4, -0.2) is 70.1 Å². The minimum atomic E-state index is -2.81. The normalized spacial score (nSPS) is 26.9. The van der Waals surface area contributed by atoms with Crippen LogP contribution < -0.4 is 10.5 Å². The molecule has 42 heavy (non-hydrogen) atoms. The summed E-state index contributed by atoms with van der Waals surface area (Å²) in [6.45, 7) is 0.491. The van der Waals surface area contributed by atoms with E-state index in [1.165, 1.54) is 11.2 Å². The molecule has 11 heteroatoms. The number of nitriles is 1. The molecule has 5 rings (SSSR count). The van der Waals surface area contributed by atoms with E-state index < -0.39 is 29.2 Å². The summed E-state index contributed by atoms with van der Waals surface area (Å²) < 4.78 is 34.5. The number of carbonyl (C=O) groups excluding carboxylic acids is 2. The summed E-state index contributed by atoms with van der Waals surface area (Å²) in [7, 11) is 0. The standard InChI is InChI=1S/C31H35F2N5O4/c32-30(33)11-9-25(26(18-30)23-6-2-1-3-7-23)28(40)37-15-12-29(41,13-16-37)20-38-21-36-31(35,19-27(38)39)42-24-8-4-5-22(17-24)10-14-34/h1-8,17,21,25-26,41H,9-13,15-16,18-20,35H2/t25-,26+,31?/m1/s1. The molecule has 2 heterocycles. The summed E-state index contributed by atoms with van der Waals surface area (Å²) in [5.74, 6) is -5.71. The minimum Gasteiger partial charge on any atom is -0.452 e. The molecular weight excluding hydrogens is 544 g/mol. The summed E-state index contributed by atoms with van der Waals surface area (Å²) in [6.07, 6.45) is 1.11. The van der Waals surface area contributed by atoms with Crippen molar-refractivity contribution in [2.45, 2.75) is 68.2 Å². The van der Waals surface area contributed by atoms with Crippen LogP contribution in [0.3, 0.4) is 0 Å². The fourth-order valence-corrected chi connectivity index (χ4v) is 6.13. The van der Waals surface area contributed by atoms with E-state index in [0.717, 1.165) is 11.1 Å². The zero-order chi connectivity index (χ0) is 30.0. The van der Waals surface area contributed by atoms with E-state index in [0.29, 0.717) is 5.75 Å². The quantitative estimate of drug-likeness (QED) is 0.482. The molecule has 1 saturated carbocycles. The second-order valence-electron chi connectivity index (χ2n) is 11.6. The van der Waals surface area contributed by atoms with Crippen LogP contribution in [0.2, 0.25) is 0 Å². The molecule has 0 bridgehead atoms. The predicted octanol–water partition coefficient (Wildman–Crippen LogP) is 3.58. The van der Waals surface area contributed by atoms with Gasteiger partial charge in [-0.1, -0.05) is 42.5 Å². The Labute approximate surface area is 243 Å². The van der Waals surface area contributed by atoms with Gasteiger partial charge in [-0.05, 0) is 42.5 Å². The smallest absolute Gasteiger partial charge is 0.265 e. The lowest BCUT2D eigenvalue weighted by molar-refractivity contribution is -0.147. The highest BCUT2D eigenvalue weighted by atomic mass is 19.3. The lowest BCUT2D eigenvalue weighted by atomic mass is 9.73. The van der Waals surface area contributed by atoms with Gasteiger partial charge in [-0.15, -0.1) is 0 Å². The molecule has 1 unspecified atom stereocenters. The summed E-state index contributed by atoms with van der Waals surface area (Å²) in [5, 5.41) is 20.2. The van der Waals surface area contributed by atoms with E-state index in [4.69, 9.17) is 15.7 Å². The molecule has 2 aromatic rings. The third-order valence-electron chi connectivity index (χ3n) is 8.46. The van der Waals surface area contributed by atoms with E-state index in [2.05, 4.69) is 11.1 Å². The number of piperidine rings is 1. The summed E-state index contributed by atoms with van der Waals surface area (Å²) >= 11 is 0. The van der Waals surface area contributed by atoms with Crippen molar-refractivity contribution in [3.05, 3.63) is 65.7 Å². The molecule has 3 N–H and O–H groups in total. The number of nitrogens with two attached hydrogens (primary N) is 1. The third-order valence-corrected chi connectivity index (χ3v) is 8.46. The maximum atomic E-state index is 14.3. The molecule has 2 aliphatic heterocycles. The number of hydrogen-bond donors (Lipinski definition) is 2. The molecule has 2 fully saturated rings. The van der Waals surface area contributed by atoms with Gasteiger partial charge in [-0.25, -0.2) is 13.8 Å². The fraction of sp³-hybridized carbons (Fsp3) is 0.484. The Hall–Kier alpha value is -3.88. The molecule has 0 aromatic heterocycles. The van der Waals surface area contributed by atoms with E-state index in [-0.39, 0.29) is 76.4 Å². The van der Waals surface area contributed by atoms with E-state index in [9.17, 15) is 23.5 Å². The van der Waals surface area contributed by atoms with E-state index >= 15 is 0 Å². The Morgan fingerprint density at radius 1 is 1.14 bits per heavy atom. The van der Waals surface area contributed by atoms with Crippen LogP contribution in [0.5, 0.6) is 5.75 Å². The van der Waals surface area contributed by atoms with Gasteiger partial charge in [-0.3, -0.25) is 20.2 Å². The number of β-amino-alcohol motifs (C(OH)–C–C–N with tert-alkyl or cyclic N) is 1. The van der Waals surface area contributed by atoms with Crippen LogP contribution in [-0.2, 0) is 16.0 Å². The maximum absolute atomic E-state index is 14.3. The Bertz CT molecular complexity index is 1370. The number of amides is 2. The van der Waals surface area contributed by atoms with Gasteiger partial charge in [0.05, 0.1) is 31.0 Å². The molecular formula is C31H35F2N5O4. The first-order valence-electron chi connectivity index (χ1n) is 14.2. The Morgan fingerprint density at radius 2 is 1.88 bits per heavy atom. The second-order valence-corrected chi connectivity index (χ2v) is 11.6. The van der Waals surface area contributed by atoms with Crippen molar-refractivity contribution in [3.8, 4) is 11.8 Å². The molecule has 3 atom stereocenters. The van der Waals surface area contributed by atoms with Gasteiger partial charge in [0.2, 0.25) is 17.7 Å². The molecule has 0 spiro atoms. The van der Waals surface area contributed by atoms with Crippen molar-refractivity contribution >= 4 is 18.2 Å². The SMILES string of the molecule is N#CCc1cccc(OC2(N)CC(=O)N(CC3(O)CCN(C(=O)[C@@H]4CCC(F)(F)C[C@H]4c4ccccc4)CC3)C=N2)c1. The van der Waals surface area contributed by atoms with Gasteiger partial charge in [0, 0.05) is 37.8 Å². The number of alkyl halides is 2. The third kappa shape index (κ3) is 6.77. The zero-order valence-electron chi connectivity index (χ0n) is 23.3. The number of hydrogen-bond acceptors (Lipinski definition) is 7. The van der Waals surface area contributed by atoms with Crippen molar-refractivity contribution in [1.29, 1.82) is 5.26 Å². The van der Waals surface area contributed by atoms with Crippen LogP contribution in [0.25, 0.3) is 0 Å². The molecule has 2 aromatic carbocycles. The average Bonchev–Trinajstić information content (AvgIpc) is 2.95. The monoisotopic (exact) mass is 579 g/mol. The summed E-state index contributed by atoms with van der Waals surface area (Å²) in [6, 6.07) is 17.9. The van der Waals surface area contributed by atoms with Gasteiger partial charge in [0.15, 0.2) is 0 Å². The number of aliphatic imine (C=N–C) groups is 1. The van der Waals surface area contributed by atoms with Crippen molar-refractivity contribution in [1.82, 2.24) is 9.80 Å². The van der Waals surface area contributed by atoms with Gasteiger partial charge in [0.25, 0.3) is 5.85 Å². The van der Waals surface area contributed by atoms with Crippen molar-refractivity contribution in [2.24, 2.45) is 16.6 Å². The molecule has 1 saturated heterocycles. The number of halogens is 2. The zero-order valence-corrected chi connectivity index (χ0v) is 23.3. The van der Waals surface area contributed by atoms with Crippen LogP contribution in [0.1, 0.15) is 55.6 Å². The highest BCUT2D eigenvalue weighted by molar-refractivity contribution is 5.90. The number of likely N-dealkylation sites (tertiary alicyclic amines) is 1. The largest absolute Gasteiger partial charge is 0.452 e. The molecule has 222 valence electrons. The second kappa shape index (κ2) is 11.8. The van der Waals surface area contributed by atoms with Gasteiger partial charge >= 0.3 is 0 Å². The highest BCUT2D eigenvalue weighted by Crippen LogP contribution is 2.46. The van der Waals surface area contributed by atoms with Crippen LogP contribution in [0.15, 0.2) is 59.6 Å². The predicted molar refractivity (Wildman–Crippen MR) is 150 cm³/mol. The molecule has 0 radical (unpaired) electrons. The number of rotatable bonds is 7. The van der Waals surface area contributed by atoms with E-state index in [1.54, 1.807) is 53.4 Å². The Morgan fingerprint density at radius 3 is 2.57 bits per heavy atom. The number of aliphatic hydroxyl groups is 1. The van der Waals surface area contributed by atoms with Crippen LogP contribution in [0.4, 0.5) is 8.78 Å². The summed E-state index contributed by atoms with van der Waals surface area (Å²) in [4.78, 5) is 33.7. The van der Waals surface area contributed by atoms with Crippen LogP contribution >= 0.6 is 0 Å². The average molecular weight is 580 g/mol. The number of nitrogens with zero attached hydrogens (tertiary/aromatic N) is 4. The lowest BCUT2D eigenvalue weighted by Crippen LogP contribution is -2.58. The maximum Gasteiger partial charge on any atom is 0.265 e. The van der Waals surface area contributed by atoms with Crippen molar-refractivity contribution in [2.75, 3.05) is 19.6 Å². The molecule has 9 nitrogen and oxygen atoms in total. The van der Waals surface area contributed by atoms with Gasteiger partial charge in [-0.2, -0.15) is 5.26 Å². The first-order chi connectivity index (χ1) is 20.0. The Kier molecular flexibility index (Phi) is 8.30. The summed E-state index contributed by atoms with van der Waals surface area (Å²) in [5.41, 5.74) is 6.47. The lowest BCUT2D eigenvalue weighted by Gasteiger charge is -2.44. The van der Waals surface area contributed by atoms with Crippen LogP contribution in [0, 0.1) is 17.2 Å². The molecule has 2 amide bonds. The van der Waals surface area contributed by atoms with E-state index in [1.807, 2.05) is 6.07 Å². The van der Waals surface area contributed by atoms with Gasteiger partial charge < -0.3 is 14.7 Å². The molecule has 3 aliphatic rings.